The summed E-state index contributed by atoms with van der Waals surface area (Å²) in [6.07, 6.45) is 0. The molecule has 0 aliphatic heterocycles. The van der Waals surface area contributed by atoms with Gasteiger partial charge in [0.25, 0.3) is 11.6 Å². The average molecular weight is 436 g/mol. The molecule has 0 bridgehead atoms. The fourth-order valence-electron chi connectivity index (χ4n) is 2.68. The fourth-order valence-corrected chi connectivity index (χ4v) is 2.68. The summed E-state index contributed by atoms with van der Waals surface area (Å²) >= 11 is 0. The van der Waals surface area contributed by atoms with E-state index in [1.54, 1.807) is 43.5 Å². The van der Waals surface area contributed by atoms with Gasteiger partial charge < -0.3 is 19.5 Å². The van der Waals surface area contributed by atoms with Gasteiger partial charge in [-0.3, -0.25) is 14.9 Å². The van der Waals surface area contributed by atoms with E-state index in [4.69, 9.17) is 14.2 Å². The van der Waals surface area contributed by atoms with Crippen LogP contribution in [-0.2, 0) is 16.1 Å². The summed E-state index contributed by atoms with van der Waals surface area (Å²) in [7, 11) is 1.54. The van der Waals surface area contributed by atoms with Crippen LogP contribution in [0.1, 0.15) is 15.9 Å². The summed E-state index contributed by atoms with van der Waals surface area (Å²) < 4.78 is 15.8. The van der Waals surface area contributed by atoms with Gasteiger partial charge in [0, 0.05) is 23.9 Å². The first kappa shape index (κ1) is 22.3. The number of non-ortho nitro benzene ring substituents is 1. The lowest BCUT2D eigenvalue weighted by Gasteiger charge is -2.09. The Morgan fingerprint density at radius 1 is 0.969 bits per heavy atom. The normalized spacial score (nSPS) is 10.2. The van der Waals surface area contributed by atoms with Gasteiger partial charge in [-0.2, -0.15) is 0 Å². The molecule has 3 rings (SSSR count). The van der Waals surface area contributed by atoms with Gasteiger partial charge in [-0.25, -0.2) is 4.79 Å². The van der Waals surface area contributed by atoms with Gasteiger partial charge in [0.05, 0.1) is 17.6 Å². The number of carbonyl (C=O) groups is 2. The van der Waals surface area contributed by atoms with Crippen LogP contribution in [0.5, 0.6) is 11.5 Å². The van der Waals surface area contributed by atoms with E-state index in [1.807, 2.05) is 0 Å². The lowest BCUT2D eigenvalue weighted by atomic mass is 10.2. The molecule has 0 aromatic heterocycles. The minimum atomic E-state index is -0.550. The van der Waals surface area contributed by atoms with E-state index in [0.717, 1.165) is 0 Å². The number of ether oxygens (including phenoxy) is 3. The first-order valence-corrected chi connectivity index (χ1v) is 9.52. The molecule has 32 heavy (non-hydrogen) atoms. The quantitative estimate of drug-likeness (QED) is 0.306. The van der Waals surface area contributed by atoms with Crippen LogP contribution >= 0.6 is 0 Å². The highest BCUT2D eigenvalue weighted by Crippen LogP contribution is 2.18. The van der Waals surface area contributed by atoms with Crippen LogP contribution in [-0.4, -0.2) is 30.5 Å². The maximum atomic E-state index is 12.2. The standard InChI is InChI=1S/C23H20N2O7/c1-30-21-4-2-3-18(13-21)24-22(26)15-31-20-11-7-17(8-12-20)23(27)32-14-16-5-9-19(10-6-16)25(28)29/h2-13H,14-15H2,1H3,(H,24,26). The van der Waals surface area contributed by atoms with Crippen LogP contribution < -0.4 is 14.8 Å². The molecule has 0 saturated heterocycles. The number of anilines is 1. The van der Waals surface area contributed by atoms with Crippen molar-refractivity contribution in [1.29, 1.82) is 0 Å². The predicted molar refractivity (Wildman–Crippen MR) is 116 cm³/mol. The van der Waals surface area contributed by atoms with Crippen molar-refractivity contribution in [3.05, 3.63) is 94.0 Å². The van der Waals surface area contributed by atoms with E-state index in [9.17, 15) is 19.7 Å². The summed E-state index contributed by atoms with van der Waals surface area (Å²) in [4.78, 5) is 34.4. The van der Waals surface area contributed by atoms with Gasteiger partial charge in [-0.1, -0.05) is 6.07 Å². The average Bonchev–Trinajstić information content (AvgIpc) is 2.82. The zero-order valence-corrected chi connectivity index (χ0v) is 17.1. The second-order valence-corrected chi connectivity index (χ2v) is 6.59. The number of esters is 1. The largest absolute Gasteiger partial charge is 0.497 e. The topological polar surface area (TPSA) is 117 Å². The van der Waals surface area contributed by atoms with E-state index in [0.29, 0.717) is 28.3 Å². The van der Waals surface area contributed by atoms with E-state index in [2.05, 4.69) is 5.32 Å². The highest BCUT2D eigenvalue weighted by Gasteiger charge is 2.10. The molecule has 1 amide bonds. The molecule has 9 heteroatoms. The van der Waals surface area contributed by atoms with Crippen molar-refractivity contribution < 1.29 is 28.7 Å². The maximum absolute atomic E-state index is 12.2. The van der Waals surface area contributed by atoms with Crippen LogP contribution in [0.25, 0.3) is 0 Å². The van der Waals surface area contributed by atoms with Gasteiger partial charge in [0.1, 0.15) is 18.1 Å². The van der Waals surface area contributed by atoms with Gasteiger partial charge in [0.15, 0.2) is 6.61 Å². The molecule has 0 aliphatic rings. The van der Waals surface area contributed by atoms with Crippen LogP contribution in [0.15, 0.2) is 72.8 Å². The summed E-state index contributed by atoms with van der Waals surface area (Å²) in [5, 5.41) is 13.4. The number of nitro groups is 1. The van der Waals surface area contributed by atoms with E-state index in [-0.39, 0.29) is 24.8 Å². The van der Waals surface area contributed by atoms with Crippen LogP contribution in [0.3, 0.4) is 0 Å². The molecule has 0 spiro atoms. The van der Waals surface area contributed by atoms with E-state index >= 15 is 0 Å². The molecule has 0 atom stereocenters. The molecular weight excluding hydrogens is 416 g/mol. The van der Waals surface area contributed by atoms with Crippen LogP contribution in [0.2, 0.25) is 0 Å². The molecule has 0 unspecified atom stereocenters. The molecule has 3 aromatic carbocycles. The Hall–Kier alpha value is -4.40. The molecule has 9 nitrogen and oxygen atoms in total. The number of benzene rings is 3. The minimum absolute atomic E-state index is 0.0144. The smallest absolute Gasteiger partial charge is 0.338 e. The molecule has 0 heterocycles. The second kappa shape index (κ2) is 10.6. The third-order valence-corrected chi connectivity index (χ3v) is 4.33. The van der Waals surface area contributed by atoms with Crippen molar-refractivity contribution in [1.82, 2.24) is 0 Å². The molecule has 0 radical (unpaired) electrons. The first-order chi connectivity index (χ1) is 15.4. The van der Waals surface area contributed by atoms with Gasteiger partial charge in [-0.05, 0) is 54.1 Å². The Labute approximate surface area is 183 Å². The Morgan fingerprint density at radius 3 is 2.34 bits per heavy atom. The van der Waals surface area contributed by atoms with E-state index in [1.165, 1.54) is 36.4 Å². The Balaban J connectivity index is 1.46. The summed E-state index contributed by atoms with van der Waals surface area (Å²) in [5.41, 5.74) is 1.49. The second-order valence-electron chi connectivity index (χ2n) is 6.59. The van der Waals surface area contributed by atoms with Crippen molar-refractivity contribution >= 4 is 23.3 Å². The number of nitrogens with zero attached hydrogens (tertiary/aromatic N) is 1. The number of hydrogen-bond donors (Lipinski definition) is 1. The number of nitro benzene ring substituents is 1. The summed E-state index contributed by atoms with van der Waals surface area (Å²) in [6.45, 7) is -0.222. The molecule has 164 valence electrons. The highest BCUT2D eigenvalue weighted by molar-refractivity contribution is 5.92. The fraction of sp³-hybridized carbons (Fsp3) is 0.130. The third-order valence-electron chi connectivity index (χ3n) is 4.33. The number of nitrogens with one attached hydrogen (secondary N) is 1. The number of hydrogen-bond acceptors (Lipinski definition) is 7. The highest BCUT2D eigenvalue weighted by atomic mass is 16.6. The van der Waals surface area contributed by atoms with E-state index < -0.39 is 10.9 Å². The molecule has 1 N–H and O–H groups in total. The zero-order chi connectivity index (χ0) is 22.9. The number of methoxy groups -OCH3 is 1. The van der Waals surface area contributed by atoms with Crippen molar-refractivity contribution in [3.8, 4) is 11.5 Å². The Bertz CT molecular complexity index is 1100. The minimum Gasteiger partial charge on any atom is -0.497 e. The monoisotopic (exact) mass is 436 g/mol. The predicted octanol–water partition coefficient (Wildman–Crippen LogP) is 3.98. The van der Waals surface area contributed by atoms with Gasteiger partial charge in [-0.15, -0.1) is 0 Å². The Kier molecular flexibility index (Phi) is 7.37. The zero-order valence-electron chi connectivity index (χ0n) is 17.1. The molecule has 0 aliphatic carbocycles. The van der Waals surface area contributed by atoms with Crippen molar-refractivity contribution in [2.24, 2.45) is 0 Å². The summed E-state index contributed by atoms with van der Waals surface area (Å²) in [6, 6.07) is 18.9. The maximum Gasteiger partial charge on any atom is 0.338 e. The van der Waals surface area contributed by atoms with Crippen molar-refractivity contribution in [2.45, 2.75) is 6.61 Å². The number of rotatable bonds is 9. The van der Waals surface area contributed by atoms with Gasteiger partial charge in [0.2, 0.25) is 0 Å². The molecular formula is C23H20N2O7. The number of carbonyl (C=O) groups excluding carboxylic acids is 2. The van der Waals surface area contributed by atoms with Gasteiger partial charge >= 0.3 is 5.97 Å². The molecule has 0 saturated carbocycles. The lowest BCUT2D eigenvalue weighted by Crippen LogP contribution is -2.20. The Morgan fingerprint density at radius 2 is 1.69 bits per heavy atom. The molecule has 0 fully saturated rings. The lowest BCUT2D eigenvalue weighted by molar-refractivity contribution is -0.384. The van der Waals surface area contributed by atoms with Crippen LogP contribution in [0.4, 0.5) is 11.4 Å². The third kappa shape index (κ3) is 6.30. The number of amides is 1. The van der Waals surface area contributed by atoms with Crippen molar-refractivity contribution in [2.75, 3.05) is 19.0 Å². The first-order valence-electron chi connectivity index (χ1n) is 9.52. The van der Waals surface area contributed by atoms with Crippen LogP contribution in [0, 0.1) is 10.1 Å². The molecule has 3 aromatic rings. The summed E-state index contributed by atoms with van der Waals surface area (Å²) in [5.74, 6) is 0.146. The van der Waals surface area contributed by atoms with Crippen molar-refractivity contribution in [3.63, 3.8) is 0 Å². The SMILES string of the molecule is COc1cccc(NC(=O)COc2ccc(C(=O)OCc3ccc([N+](=O)[O-])cc3)cc2)c1.